The molecule has 31 heavy (non-hydrogen) atoms. The number of benzene rings is 2. The summed E-state index contributed by atoms with van der Waals surface area (Å²) in [7, 11) is 3.80. The van der Waals surface area contributed by atoms with Gasteiger partial charge in [-0.25, -0.2) is 0 Å². The van der Waals surface area contributed by atoms with Gasteiger partial charge in [0.15, 0.2) is 0 Å². The van der Waals surface area contributed by atoms with Crippen molar-refractivity contribution in [1.29, 1.82) is 0 Å². The summed E-state index contributed by atoms with van der Waals surface area (Å²) >= 11 is 0. The van der Waals surface area contributed by atoms with Gasteiger partial charge in [-0.2, -0.15) is 0 Å². The Labute approximate surface area is 187 Å². The van der Waals surface area contributed by atoms with Crippen LogP contribution in [0.1, 0.15) is 69.4 Å². The zero-order chi connectivity index (χ0) is 23.2. The molecular weight excluding hydrogens is 386 g/mol. The van der Waals surface area contributed by atoms with Crippen LogP contribution in [0.4, 0.5) is 11.4 Å². The number of anilines is 2. The van der Waals surface area contributed by atoms with Crippen molar-refractivity contribution in [3.63, 3.8) is 0 Å². The first kappa shape index (κ1) is 24.4. The number of nitrogens with zero attached hydrogens (tertiary/aromatic N) is 1. The number of nitrogens with one attached hydrogen (secondary N) is 2. The highest BCUT2D eigenvalue weighted by molar-refractivity contribution is 6.02. The first-order chi connectivity index (χ1) is 14.5. The Morgan fingerprint density at radius 3 is 2.23 bits per heavy atom. The van der Waals surface area contributed by atoms with Crippen molar-refractivity contribution in [3.8, 4) is 0 Å². The molecule has 0 bridgehead atoms. The summed E-state index contributed by atoms with van der Waals surface area (Å²) in [4.78, 5) is 27.5. The van der Waals surface area contributed by atoms with Gasteiger partial charge in [0.05, 0.1) is 11.6 Å². The summed E-state index contributed by atoms with van der Waals surface area (Å²) < 4.78 is 0. The van der Waals surface area contributed by atoms with Gasteiger partial charge in [-0.05, 0) is 48.4 Å². The minimum absolute atomic E-state index is 0.0293. The van der Waals surface area contributed by atoms with Gasteiger partial charge in [0.1, 0.15) is 0 Å². The van der Waals surface area contributed by atoms with Crippen LogP contribution in [-0.2, 0) is 4.79 Å². The monoisotopic (exact) mass is 423 g/mol. The molecule has 0 aromatic heterocycles. The molecule has 0 fully saturated rings. The lowest BCUT2D eigenvalue weighted by molar-refractivity contribution is -0.117. The average Bonchev–Trinajstić information content (AvgIpc) is 2.66. The van der Waals surface area contributed by atoms with E-state index in [1.165, 1.54) is 0 Å². The third-order valence-corrected chi connectivity index (χ3v) is 5.15. The van der Waals surface area contributed by atoms with Gasteiger partial charge in [-0.15, -0.1) is 0 Å². The predicted molar refractivity (Wildman–Crippen MR) is 130 cm³/mol. The lowest BCUT2D eigenvalue weighted by Gasteiger charge is -2.23. The zero-order valence-corrected chi connectivity index (χ0v) is 20.0. The van der Waals surface area contributed by atoms with Crippen LogP contribution >= 0.6 is 0 Å². The van der Waals surface area contributed by atoms with Crippen LogP contribution in [0, 0.1) is 11.3 Å². The molecular formula is C26H37N3O2. The van der Waals surface area contributed by atoms with Crippen molar-refractivity contribution in [2.24, 2.45) is 11.3 Å². The van der Waals surface area contributed by atoms with E-state index >= 15 is 0 Å². The van der Waals surface area contributed by atoms with Crippen molar-refractivity contribution >= 4 is 23.2 Å². The summed E-state index contributed by atoms with van der Waals surface area (Å²) in [6.07, 6.45) is 1.43. The summed E-state index contributed by atoms with van der Waals surface area (Å²) in [6, 6.07) is 15.2. The minimum atomic E-state index is -0.169. The van der Waals surface area contributed by atoms with Crippen LogP contribution in [0.25, 0.3) is 0 Å². The largest absolute Gasteiger partial charge is 0.377 e. The quantitative estimate of drug-likeness (QED) is 0.577. The number of amides is 2. The molecule has 0 radical (unpaired) electrons. The Kier molecular flexibility index (Phi) is 8.26. The first-order valence-electron chi connectivity index (χ1n) is 10.9. The maximum Gasteiger partial charge on any atom is 0.253 e. The summed E-state index contributed by atoms with van der Waals surface area (Å²) in [6.45, 7) is 10.6. The Morgan fingerprint density at radius 2 is 1.65 bits per heavy atom. The van der Waals surface area contributed by atoms with Gasteiger partial charge in [0.2, 0.25) is 5.91 Å². The van der Waals surface area contributed by atoms with Gasteiger partial charge in [-0.3, -0.25) is 9.59 Å². The Balaban J connectivity index is 2.14. The van der Waals surface area contributed by atoms with Crippen LogP contribution in [0.2, 0.25) is 0 Å². The van der Waals surface area contributed by atoms with E-state index in [1.54, 1.807) is 6.07 Å². The Hall–Kier alpha value is -2.82. The smallest absolute Gasteiger partial charge is 0.253 e. The molecule has 0 saturated heterocycles. The Morgan fingerprint density at radius 1 is 1.00 bits per heavy atom. The molecule has 2 aromatic rings. The van der Waals surface area contributed by atoms with Gasteiger partial charge < -0.3 is 15.5 Å². The molecule has 0 heterocycles. The molecule has 5 nitrogen and oxygen atoms in total. The van der Waals surface area contributed by atoms with Crippen molar-refractivity contribution < 1.29 is 9.59 Å². The standard InChI is InChI=1S/C26H37N3O2/c1-18(17-26(3,4)5)15-24(30)28-21-13-14-23(29(6)7)22(16-21)25(31)27-19(2)20-11-9-8-10-12-20/h8-14,16,18-19H,15,17H2,1-7H3,(H,27,31)(H,28,30)/t18-,19-/m0/s1. The fourth-order valence-corrected chi connectivity index (χ4v) is 3.93. The number of hydrogen-bond acceptors (Lipinski definition) is 3. The second kappa shape index (κ2) is 10.5. The topological polar surface area (TPSA) is 61.4 Å². The van der Waals surface area contributed by atoms with E-state index in [9.17, 15) is 9.59 Å². The van der Waals surface area contributed by atoms with Crippen LogP contribution < -0.4 is 15.5 Å². The molecule has 5 heteroatoms. The number of rotatable bonds is 8. The second-order valence-electron chi connectivity index (χ2n) is 9.85. The van der Waals surface area contributed by atoms with Crippen molar-refractivity contribution in [1.82, 2.24) is 5.32 Å². The molecule has 2 aromatic carbocycles. The van der Waals surface area contributed by atoms with E-state index < -0.39 is 0 Å². The van der Waals surface area contributed by atoms with Crippen LogP contribution in [0.15, 0.2) is 48.5 Å². The van der Waals surface area contributed by atoms with Gasteiger partial charge in [-0.1, -0.05) is 58.0 Å². The number of carbonyl (C=O) groups excluding carboxylic acids is 2. The van der Waals surface area contributed by atoms with Crippen LogP contribution in [-0.4, -0.2) is 25.9 Å². The van der Waals surface area contributed by atoms with E-state index in [2.05, 4.69) is 38.3 Å². The second-order valence-corrected chi connectivity index (χ2v) is 9.85. The summed E-state index contributed by atoms with van der Waals surface area (Å²) in [5.74, 6) is 0.0890. The molecule has 0 saturated carbocycles. The van der Waals surface area contributed by atoms with Crippen molar-refractivity contribution in [2.45, 2.75) is 53.5 Å². The van der Waals surface area contributed by atoms with Crippen molar-refractivity contribution in [3.05, 3.63) is 59.7 Å². The fourth-order valence-electron chi connectivity index (χ4n) is 3.93. The van der Waals surface area contributed by atoms with E-state index in [4.69, 9.17) is 0 Å². The molecule has 0 unspecified atom stereocenters. The van der Waals surface area contributed by atoms with Gasteiger partial charge in [0, 0.05) is 31.9 Å². The molecule has 168 valence electrons. The SMILES string of the molecule is C[C@@H](CC(=O)Nc1ccc(N(C)C)c(C(=O)N[C@@H](C)c2ccccc2)c1)CC(C)(C)C. The van der Waals surface area contributed by atoms with Crippen molar-refractivity contribution in [2.75, 3.05) is 24.3 Å². The maximum atomic E-state index is 13.1. The van der Waals surface area contributed by atoms with Crippen LogP contribution in [0.5, 0.6) is 0 Å². The van der Waals surface area contributed by atoms with Gasteiger partial charge >= 0.3 is 0 Å². The third-order valence-electron chi connectivity index (χ3n) is 5.15. The molecule has 0 aliphatic rings. The van der Waals surface area contributed by atoms with Gasteiger partial charge in [0.25, 0.3) is 5.91 Å². The van der Waals surface area contributed by atoms with E-state index in [1.807, 2.05) is 68.4 Å². The predicted octanol–water partition coefficient (Wildman–Crippen LogP) is 5.64. The average molecular weight is 424 g/mol. The third kappa shape index (κ3) is 7.74. The number of carbonyl (C=O) groups is 2. The van der Waals surface area contributed by atoms with E-state index in [0.29, 0.717) is 17.7 Å². The lowest BCUT2D eigenvalue weighted by atomic mass is 9.84. The van der Waals surface area contributed by atoms with E-state index in [0.717, 1.165) is 17.7 Å². The molecule has 0 aliphatic heterocycles. The molecule has 0 aliphatic carbocycles. The maximum absolute atomic E-state index is 13.1. The fraction of sp³-hybridized carbons (Fsp3) is 0.462. The molecule has 2 N–H and O–H groups in total. The highest BCUT2D eigenvalue weighted by Crippen LogP contribution is 2.27. The molecule has 2 amide bonds. The Bertz CT molecular complexity index is 885. The zero-order valence-electron chi connectivity index (χ0n) is 20.0. The normalized spacial score (nSPS) is 13.3. The lowest BCUT2D eigenvalue weighted by Crippen LogP contribution is -2.28. The minimum Gasteiger partial charge on any atom is -0.377 e. The summed E-state index contributed by atoms with van der Waals surface area (Å²) in [5, 5.41) is 6.04. The molecule has 0 spiro atoms. The van der Waals surface area contributed by atoms with Crippen LogP contribution in [0.3, 0.4) is 0 Å². The summed E-state index contributed by atoms with van der Waals surface area (Å²) in [5.41, 5.74) is 3.20. The highest BCUT2D eigenvalue weighted by atomic mass is 16.2. The van der Waals surface area contributed by atoms with E-state index in [-0.39, 0.29) is 29.2 Å². The highest BCUT2D eigenvalue weighted by Gasteiger charge is 2.20. The molecule has 2 atom stereocenters. The first-order valence-corrected chi connectivity index (χ1v) is 10.9. The molecule has 2 rings (SSSR count). The number of hydrogen-bond donors (Lipinski definition) is 2.